The molecule has 140 valence electrons. The molecule has 0 unspecified atom stereocenters. The quantitative estimate of drug-likeness (QED) is 0.615. The number of esters is 1. The Morgan fingerprint density at radius 1 is 0.893 bits per heavy atom. The van der Waals surface area contributed by atoms with Gasteiger partial charge in [0.2, 0.25) is 0 Å². The summed E-state index contributed by atoms with van der Waals surface area (Å²) in [5.74, 6) is -0.402. The Bertz CT molecular complexity index is 1120. The van der Waals surface area contributed by atoms with Crippen molar-refractivity contribution in [3.63, 3.8) is 0 Å². The minimum atomic E-state index is -0.402. The van der Waals surface area contributed by atoms with E-state index in [2.05, 4.69) is 58.3 Å². The van der Waals surface area contributed by atoms with Crippen LogP contribution >= 0.6 is 0 Å². The summed E-state index contributed by atoms with van der Waals surface area (Å²) in [6.07, 6.45) is 11.3. The number of hydrogen-bond acceptors (Lipinski definition) is 3. The molecule has 2 aliphatic carbocycles. The molecular weight excluding hydrogens is 346 g/mol. The van der Waals surface area contributed by atoms with Crippen LogP contribution in [0.2, 0.25) is 0 Å². The Morgan fingerprint density at radius 3 is 2.57 bits per heavy atom. The zero-order valence-electron chi connectivity index (χ0n) is 16.0. The standard InChI is InChI=1S/C18H16.C7H7NO2/c1-3-7-15-13(5-1)9-11-18-16-8-4-2-6-14(16)10-12-17(15)18;1-10-7(9)6-4-2-3-5-8-6/h1,3,5,7-8,10-12H,2,4,6,9H2;2-5H,1H3. The molecule has 3 nitrogen and oxygen atoms in total. The van der Waals surface area contributed by atoms with Crippen molar-refractivity contribution in [2.45, 2.75) is 25.7 Å². The summed E-state index contributed by atoms with van der Waals surface area (Å²) in [7, 11) is 1.33. The van der Waals surface area contributed by atoms with Gasteiger partial charge in [-0.15, -0.1) is 0 Å². The Labute approximate surface area is 165 Å². The number of carbonyl (C=O) groups is 1. The third-order valence-electron chi connectivity index (χ3n) is 5.27. The van der Waals surface area contributed by atoms with Crippen molar-refractivity contribution in [3.8, 4) is 11.1 Å². The summed E-state index contributed by atoms with van der Waals surface area (Å²) in [4.78, 5) is 14.5. The van der Waals surface area contributed by atoms with Gasteiger partial charge in [0.1, 0.15) is 5.69 Å². The molecule has 0 N–H and O–H groups in total. The number of rotatable bonds is 1. The second-order valence-corrected chi connectivity index (χ2v) is 6.97. The van der Waals surface area contributed by atoms with Crippen LogP contribution < -0.4 is 10.4 Å². The van der Waals surface area contributed by atoms with Crippen molar-refractivity contribution in [1.82, 2.24) is 4.98 Å². The fraction of sp³-hybridized carbons (Fsp3) is 0.200. The largest absolute Gasteiger partial charge is 0.464 e. The normalized spacial score (nSPS) is 13.3. The Balaban J connectivity index is 0.000000165. The van der Waals surface area contributed by atoms with E-state index in [9.17, 15) is 4.79 Å². The first-order valence-corrected chi connectivity index (χ1v) is 9.68. The fourth-order valence-electron chi connectivity index (χ4n) is 3.90. The monoisotopic (exact) mass is 369 g/mol. The zero-order valence-corrected chi connectivity index (χ0v) is 16.0. The third kappa shape index (κ3) is 3.61. The summed E-state index contributed by atoms with van der Waals surface area (Å²) in [5.41, 5.74) is 6.19. The van der Waals surface area contributed by atoms with E-state index in [0.29, 0.717) is 5.69 Å². The summed E-state index contributed by atoms with van der Waals surface area (Å²) >= 11 is 0. The van der Waals surface area contributed by atoms with Crippen molar-refractivity contribution in [1.29, 1.82) is 0 Å². The van der Waals surface area contributed by atoms with E-state index in [1.165, 1.54) is 59.1 Å². The van der Waals surface area contributed by atoms with Crippen LogP contribution in [-0.2, 0) is 17.6 Å². The molecule has 5 rings (SSSR count). The number of benzene rings is 2. The van der Waals surface area contributed by atoms with Crippen molar-refractivity contribution in [2.75, 3.05) is 7.11 Å². The molecule has 1 aromatic heterocycles. The van der Waals surface area contributed by atoms with Crippen LogP contribution in [0.4, 0.5) is 0 Å². The van der Waals surface area contributed by atoms with Crippen LogP contribution in [0.25, 0.3) is 23.3 Å². The molecule has 0 atom stereocenters. The molecule has 3 aromatic rings. The van der Waals surface area contributed by atoms with Gasteiger partial charge in [-0.1, -0.05) is 54.6 Å². The molecule has 0 radical (unpaired) electrons. The van der Waals surface area contributed by atoms with Gasteiger partial charge >= 0.3 is 5.97 Å². The van der Waals surface area contributed by atoms with Gasteiger partial charge in [-0.05, 0) is 70.5 Å². The highest BCUT2D eigenvalue weighted by Gasteiger charge is 2.13. The lowest BCUT2D eigenvalue weighted by molar-refractivity contribution is 0.0594. The lowest BCUT2D eigenvalue weighted by atomic mass is 9.87. The van der Waals surface area contributed by atoms with Crippen LogP contribution in [-0.4, -0.2) is 18.1 Å². The van der Waals surface area contributed by atoms with Crippen LogP contribution in [0.3, 0.4) is 0 Å². The molecular formula is C25H23NO2. The molecule has 0 amide bonds. The number of ether oxygens (including phenoxy) is 1. The number of aryl methyl sites for hydroxylation is 1. The molecule has 28 heavy (non-hydrogen) atoms. The SMILES string of the molecule is C1=c2c(ccc3c2=CCc2ccccc2-3)CCC1.COC(=O)c1ccccn1. The number of methoxy groups -OCH3 is 1. The first-order valence-electron chi connectivity index (χ1n) is 9.68. The molecule has 0 fully saturated rings. The van der Waals surface area contributed by atoms with Crippen molar-refractivity contribution in [3.05, 3.63) is 88.1 Å². The Kier molecular flexibility index (Phi) is 5.34. The van der Waals surface area contributed by atoms with E-state index in [4.69, 9.17) is 0 Å². The maximum atomic E-state index is 10.7. The van der Waals surface area contributed by atoms with Crippen molar-refractivity contribution >= 4 is 18.1 Å². The van der Waals surface area contributed by atoms with E-state index in [-0.39, 0.29) is 0 Å². The summed E-state index contributed by atoms with van der Waals surface area (Å²) in [6, 6.07) is 18.5. The van der Waals surface area contributed by atoms with Crippen LogP contribution in [0.15, 0.2) is 60.8 Å². The highest BCUT2D eigenvalue weighted by Crippen LogP contribution is 2.24. The Hall–Kier alpha value is -3.20. The highest BCUT2D eigenvalue weighted by molar-refractivity contribution is 5.86. The average molecular weight is 369 g/mol. The van der Waals surface area contributed by atoms with Gasteiger partial charge in [-0.3, -0.25) is 0 Å². The van der Waals surface area contributed by atoms with E-state index >= 15 is 0 Å². The fourth-order valence-corrected chi connectivity index (χ4v) is 3.90. The molecule has 0 saturated heterocycles. The number of aromatic nitrogens is 1. The van der Waals surface area contributed by atoms with Gasteiger partial charge in [0.05, 0.1) is 7.11 Å². The number of pyridine rings is 1. The summed E-state index contributed by atoms with van der Waals surface area (Å²) in [5, 5.41) is 2.99. The molecule has 1 heterocycles. The minimum Gasteiger partial charge on any atom is -0.464 e. The van der Waals surface area contributed by atoms with Gasteiger partial charge < -0.3 is 4.74 Å². The van der Waals surface area contributed by atoms with E-state index < -0.39 is 5.97 Å². The molecule has 0 spiro atoms. The third-order valence-corrected chi connectivity index (χ3v) is 5.27. The topological polar surface area (TPSA) is 39.2 Å². The van der Waals surface area contributed by atoms with E-state index in [0.717, 1.165) is 6.42 Å². The predicted molar refractivity (Wildman–Crippen MR) is 112 cm³/mol. The predicted octanol–water partition coefficient (Wildman–Crippen LogP) is 3.68. The minimum absolute atomic E-state index is 0.338. The summed E-state index contributed by atoms with van der Waals surface area (Å²) < 4.78 is 4.43. The number of fused-ring (bicyclic) bond motifs is 5. The lowest BCUT2D eigenvalue weighted by Crippen LogP contribution is -2.33. The van der Waals surface area contributed by atoms with Gasteiger partial charge in [0.25, 0.3) is 0 Å². The van der Waals surface area contributed by atoms with Gasteiger partial charge in [0.15, 0.2) is 0 Å². The lowest BCUT2D eigenvalue weighted by Gasteiger charge is -2.17. The first-order chi connectivity index (χ1) is 13.8. The molecule has 0 bridgehead atoms. The van der Waals surface area contributed by atoms with Crippen molar-refractivity contribution in [2.24, 2.45) is 0 Å². The molecule has 0 aliphatic heterocycles. The molecule has 3 heteroatoms. The number of carbonyl (C=O) groups excluding carboxylic acids is 1. The van der Waals surface area contributed by atoms with E-state index in [1.807, 2.05) is 0 Å². The molecule has 0 saturated carbocycles. The number of nitrogens with zero attached hydrogens (tertiary/aromatic N) is 1. The van der Waals surface area contributed by atoms with Crippen LogP contribution in [0.5, 0.6) is 0 Å². The summed E-state index contributed by atoms with van der Waals surface area (Å²) in [6.45, 7) is 0. The zero-order chi connectivity index (χ0) is 19.3. The smallest absolute Gasteiger partial charge is 0.356 e. The highest BCUT2D eigenvalue weighted by atomic mass is 16.5. The van der Waals surface area contributed by atoms with Gasteiger partial charge in [-0.25, -0.2) is 9.78 Å². The maximum absolute atomic E-state index is 10.7. The van der Waals surface area contributed by atoms with Crippen LogP contribution in [0, 0.1) is 0 Å². The second-order valence-electron chi connectivity index (χ2n) is 6.97. The number of hydrogen-bond donors (Lipinski definition) is 0. The average Bonchev–Trinajstić information content (AvgIpc) is 2.79. The van der Waals surface area contributed by atoms with Crippen LogP contribution in [0.1, 0.15) is 34.5 Å². The maximum Gasteiger partial charge on any atom is 0.356 e. The van der Waals surface area contributed by atoms with Gasteiger partial charge in [-0.2, -0.15) is 0 Å². The molecule has 2 aliphatic rings. The Morgan fingerprint density at radius 2 is 1.75 bits per heavy atom. The second kappa shape index (κ2) is 8.22. The molecule has 2 aromatic carbocycles. The first kappa shape index (κ1) is 18.2. The van der Waals surface area contributed by atoms with Gasteiger partial charge in [0, 0.05) is 6.20 Å². The van der Waals surface area contributed by atoms with Crippen molar-refractivity contribution < 1.29 is 9.53 Å². The van der Waals surface area contributed by atoms with E-state index in [1.54, 1.807) is 24.4 Å².